The molecule has 0 fully saturated rings. The number of carbonyl (C=O) groups excluding carboxylic acids is 1. The molecule has 1 aromatic rings. The zero-order valence-electron chi connectivity index (χ0n) is 12.3. The SMILES string of the molecule is CCCCC(CC)CNC(=O)Nc1ccccc1C. The molecule has 1 aromatic carbocycles. The first kappa shape index (κ1) is 15.5. The fraction of sp³-hybridized carbons (Fsp3) is 0.562. The summed E-state index contributed by atoms with van der Waals surface area (Å²) < 4.78 is 0. The monoisotopic (exact) mass is 262 g/mol. The van der Waals surface area contributed by atoms with Gasteiger partial charge in [-0.2, -0.15) is 0 Å². The first-order valence-electron chi connectivity index (χ1n) is 7.27. The summed E-state index contributed by atoms with van der Waals surface area (Å²) in [6.45, 7) is 7.13. The van der Waals surface area contributed by atoms with E-state index in [-0.39, 0.29) is 6.03 Å². The molecule has 1 atom stereocenters. The largest absolute Gasteiger partial charge is 0.338 e. The lowest BCUT2D eigenvalue weighted by Crippen LogP contribution is -2.33. The maximum atomic E-state index is 11.8. The van der Waals surface area contributed by atoms with Crippen LogP contribution in [0.1, 0.15) is 45.1 Å². The zero-order valence-corrected chi connectivity index (χ0v) is 12.3. The Morgan fingerprint density at radius 1 is 1.26 bits per heavy atom. The number of benzene rings is 1. The van der Waals surface area contributed by atoms with Gasteiger partial charge in [-0.3, -0.25) is 0 Å². The average Bonchev–Trinajstić information content (AvgIpc) is 2.41. The summed E-state index contributed by atoms with van der Waals surface area (Å²) >= 11 is 0. The van der Waals surface area contributed by atoms with E-state index in [9.17, 15) is 4.79 Å². The van der Waals surface area contributed by atoms with Crippen LogP contribution in [0.15, 0.2) is 24.3 Å². The quantitative estimate of drug-likeness (QED) is 0.754. The van der Waals surface area contributed by atoms with Crippen molar-refractivity contribution in [1.29, 1.82) is 0 Å². The summed E-state index contributed by atoms with van der Waals surface area (Å²) in [7, 11) is 0. The van der Waals surface area contributed by atoms with Crippen molar-refractivity contribution in [2.24, 2.45) is 5.92 Å². The molecule has 2 amide bonds. The number of nitrogens with one attached hydrogen (secondary N) is 2. The Balaban J connectivity index is 2.37. The van der Waals surface area contributed by atoms with E-state index in [2.05, 4.69) is 24.5 Å². The van der Waals surface area contributed by atoms with Gasteiger partial charge in [0.2, 0.25) is 0 Å². The summed E-state index contributed by atoms with van der Waals surface area (Å²) in [5, 5.41) is 5.86. The number of carbonyl (C=O) groups is 1. The molecular weight excluding hydrogens is 236 g/mol. The van der Waals surface area contributed by atoms with Crippen molar-refractivity contribution < 1.29 is 4.79 Å². The van der Waals surface area contributed by atoms with Gasteiger partial charge in [0.25, 0.3) is 0 Å². The molecule has 0 aliphatic heterocycles. The number of amides is 2. The zero-order chi connectivity index (χ0) is 14.1. The van der Waals surface area contributed by atoms with E-state index in [1.165, 1.54) is 19.3 Å². The Labute approximate surface area is 116 Å². The van der Waals surface area contributed by atoms with Gasteiger partial charge < -0.3 is 10.6 Å². The summed E-state index contributed by atoms with van der Waals surface area (Å²) in [4.78, 5) is 11.8. The Kier molecular flexibility index (Phi) is 7.01. The second kappa shape index (κ2) is 8.57. The van der Waals surface area contributed by atoms with E-state index >= 15 is 0 Å². The molecule has 2 N–H and O–H groups in total. The second-order valence-electron chi connectivity index (χ2n) is 5.07. The maximum Gasteiger partial charge on any atom is 0.319 e. The van der Waals surface area contributed by atoms with E-state index in [4.69, 9.17) is 0 Å². The Hall–Kier alpha value is -1.51. The van der Waals surface area contributed by atoms with Gasteiger partial charge in [0.1, 0.15) is 0 Å². The lowest BCUT2D eigenvalue weighted by Gasteiger charge is -2.16. The van der Waals surface area contributed by atoms with Gasteiger partial charge in [-0.15, -0.1) is 0 Å². The van der Waals surface area contributed by atoms with Crippen LogP contribution >= 0.6 is 0 Å². The van der Waals surface area contributed by atoms with Gasteiger partial charge in [-0.25, -0.2) is 4.79 Å². The third-order valence-electron chi connectivity index (χ3n) is 3.49. The molecule has 1 rings (SSSR count). The topological polar surface area (TPSA) is 41.1 Å². The van der Waals surface area contributed by atoms with Crippen LogP contribution in [-0.4, -0.2) is 12.6 Å². The fourth-order valence-electron chi connectivity index (χ4n) is 2.06. The summed E-state index contributed by atoms with van der Waals surface area (Å²) in [5.41, 5.74) is 1.96. The van der Waals surface area contributed by atoms with Crippen molar-refractivity contribution in [1.82, 2.24) is 5.32 Å². The first-order valence-corrected chi connectivity index (χ1v) is 7.27. The van der Waals surface area contributed by atoms with Crippen LogP contribution in [-0.2, 0) is 0 Å². The molecule has 0 aliphatic rings. The highest BCUT2D eigenvalue weighted by Crippen LogP contribution is 2.13. The maximum absolute atomic E-state index is 11.8. The number of unbranched alkanes of at least 4 members (excludes halogenated alkanes) is 1. The Morgan fingerprint density at radius 3 is 2.63 bits per heavy atom. The van der Waals surface area contributed by atoms with Crippen LogP contribution in [0.2, 0.25) is 0 Å². The van der Waals surface area contributed by atoms with E-state index in [1.54, 1.807) is 0 Å². The third kappa shape index (κ3) is 5.77. The number of urea groups is 1. The number of anilines is 1. The fourth-order valence-corrected chi connectivity index (χ4v) is 2.06. The van der Waals surface area contributed by atoms with Crippen LogP contribution in [0.5, 0.6) is 0 Å². The van der Waals surface area contributed by atoms with Crippen LogP contribution in [0.3, 0.4) is 0 Å². The minimum absolute atomic E-state index is 0.107. The molecule has 19 heavy (non-hydrogen) atoms. The number of para-hydroxylation sites is 1. The number of rotatable bonds is 7. The van der Waals surface area contributed by atoms with Crippen LogP contribution in [0.4, 0.5) is 10.5 Å². The minimum Gasteiger partial charge on any atom is -0.338 e. The van der Waals surface area contributed by atoms with Crippen molar-refractivity contribution in [3.63, 3.8) is 0 Å². The summed E-state index contributed by atoms with van der Waals surface area (Å²) in [5.74, 6) is 0.586. The molecule has 0 radical (unpaired) electrons. The number of hydrogen-bond donors (Lipinski definition) is 2. The number of hydrogen-bond acceptors (Lipinski definition) is 1. The standard InChI is InChI=1S/C16H26N2O/c1-4-6-10-14(5-2)12-17-16(19)18-15-11-8-7-9-13(15)3/h7-9,11,14H,4-6,10,12H2,1-3H3,(H2,17,18,19). The van der Waals surface area contributed by atoms with Crippen LogP contribution in [0.25, 0.3) is 0 Å². The second-order valence-corrected chi connectivity index (χ2v) is 5.07. The Bertz CT molecular complexity index is 390. The van der Waals surface area contributed by atoms with Gasteiger partial charge in [-0.05, 0) is 30.9 Å². The van der Waals surface area contributed by atoms with E-state index in [0.29, 0.717) is 5.92 Å². The highest BCUT2D eigenvalue weighted by Gasteiger charge is 2.08. The van der Waals surface area contributed by atoms with Crippen molar-refractivity contribution in [3.8, 4) is 0 Å². The molecule has 0 aromatic heterocycles. The molecule has 0 spiro atoms. The molecular formula is C16H26N2O. The predicted octanol–water partition coefficient (Wildman–Crippen LogP) is 4.33. The van der Waals surface area contributed by atoms with Crippen molar-refractivity contribution in [3.05, 3.63) is 29.8 Å². The highest BCUT2D eigenvalue weighted by molar-refractivity contribution is 5.89. The molecule has 3 heteroatoms. The summed E-state index contributed by atoms with van der Waals surface area (Å²) in [6, 6.07) is 7.70. The van der Waals surface area contributed by atoms with Crippen LogP contribution in [0, 0.1) is 12.8 Å². The normalized spacial score (nSPS) is 11.9. The lowest BCUT2D eigenvalue weighted by molar-refractivity contribution is 0.249. The molecule has 0 saturated heterocycles. The molecule has 0 heterocycles. The third-order valence-corrected chi connectivity index (χ3v) is 3.49. The minimum atomic E-state index is -0.107. The molecule has 0 saturated carbocycles. The molecule has 0 bridgehead atoms. The Morgan fingerprint density at radius 2 is 2.00 bits per heavy atom. The summed E-state index contributed by atoms with van der Waals surface area (Å²) in [6.07, 6.45) is 4.76. The van der Waals surface area contributed by atoms with Crippen LogP contribution < -0.4 is 10.6 Å². The smallest absolute Gasteiger partial charge is 0.319 e. The number of aryl methyl sites for hydroxylation is 1. The van der Waals surface area contributed by atoms with E-state index < -0.39 is 0 Å². The lowest BCUT2D eigenvalue weighted by atomic mass is 9.99. The van der Waals surface area contributed by atoms with Gasteiger partial charge in [0.05, 0.1) is 0 Å². The van der Waals surface area contributed by atoms with Gasteiger partial charge in [0.15, 0.2) is 0 Å². The highest BCUT2D eigenvalue weighted by atomic mass is 16.2. The molecule has 1 unspecified atom stereocenters. The van der Waals surface area contributed by atoms with Crippen molar-refractivity contribution in [2.75, 3.05) is 11.9 Å². The predicted molar refractivity (Wildman–Crippen MR) is 81.5 cm³/mol. The van der Waals surface area contributed by atoms with Gasteiger partial charge in [0, 0.05) is 12.2 Å². The van der Waals surface area contributed by atoms with E-state index in [1.807, 2.05) is 31.2 Å². The average molecular weight is 262 g/mol. The molecule has 106 valence electrons. The van der Waals surface area contributed by atoms with Crippen molar-refractivity contribution >= 4 is 11.7 Å². The molecule has 3 nitrogen and oxygen atoms in total. The van der Waals surface area contributed by atoms with Crippen molar-refractivity contribution in [2.45, 2.75) is 46.5 Å². The van der Waals surface area contributed by atoms with Gasteiger partial charge >= 0.3 is 6.03 Å². The van der Waals surface area contributed by atoms with Gasteiger partial charge in [-0.1, -0.05) is 51.3 Å². The first-order chi connectivity index (χ1) is 9.17. The molecule has 0 aliphatic carbocycles. The van der Waals surface area contributed by atoms with E-state index in [0.717, 1.165) is 24.2 Å².